The molecule has 0 saturated heterocycles. The summed E-state index contributed by atoms with van der Waals surface area (Å²) in [6, 6.07) is 10.0. The number of hydrogen-bond acceptors (Lipinski definition) is 3. The van der Waals surface area contributed by atoms with Crippen LogP contribution in [0, 0.1) is 5.41 Å². The second kappa shape index (κ2) is 6.21. The van der Waals surface area contributed by atoms with Crippen molar-refractivity contribution in [1.82, 2.24) is 0 Å². The molecule has 0 spiro atoms. The third-order valence-corrected chi connectivity index (χ3v) is 4.25. The molecule has 1 aromatic heterocycles. The van der Waals surface area contributed by atoms with Crippen LogP contribution in [0.1, 0.15) is 17.4 Å². The van der Waals surface area contributed by atoms with Gasteiger partial charge in [-0.25, -0.2) is 0 Å². The molecule has 2 aromatic rings. The molecule has 0 fully saturated rings. The van der Waals surface area contributed by atoms with Gasteiger partial charge in [-0.2, -0.15) is 0 Å². The number of rotatable bonds is 5. The van der Waals surface area contributed by atoms with Crippen LogP contribution in [0.15, 0.2) is 40.2 Å². The van der Waals surface area contributed by atoms with Gasteiger partial charge in [0.15, 0.2) is 0 Å². The van der Waals surface area contributed by atoms with Crippen molar-refractivity contribution in [2.75, 3.05) is 11.4 Å². The highest BCUT2D eigenvalue weighted by Gasteiger charge is 2.13. The first-order valence-electron chi connectivity index (χ1n) is 6.03. The number of hydrogen-bond donors (Lipinski definition) is 2. The van der Waals surface area contributed by atoms with E-state index in [1.54, 1.807) is 11.3 Å². The molecule has 100 valence electrons. The number of nitrogens with two attached hydrogens (primary N) is 1. The van der Waals surface area contributed by atoms with Gasteiger partial charge < -0.3 is 10.6 Å². The predicted molar refractivity (Wildman–Crippen MR) is 86.2 cm³/mol. The number of anilines is 1. The smallest absolute Gasteiger partial charge is 0.124 e. The van der Waals surface area contributed by atoms with E-state index in [1.807, 2.05) is 18.2 Å². The number of nitrogens with one attached hydrogen (secondary N) is 1. The summed E-state index contributed by atoms with van der Waals surface area (Å²) < 4.78 is 0.997. The summed E-state index contributed by atoms with van der Waals surface area (Å²) in [4.78, 5) is 3.53. The predicted octanol–water partition coefficient (Wildman–Crippen LogP) is 3.82. The van der Waals surface area contributed by atoms with Crippen molar-refractivity contribution in [1.29, 1.82) is 5.41 Å². The molecule has 0 bridgehead atoms. The first-order valence-corrected chi connectivity index (χ1v) is 7.70. The molecule has 0 aliphatic heterocycles. The molecule has 0 radical (unpaired) electrons. The quantitative estimate of drug-likeness (QED) is 0.643. The van der Waals surface area contributed by atoms with E-state index in [4.69, 9.17) is 11.1 Å². The van der Waals surface area contributed by atoms with Crippen molar-refractivity contribution in [3.8, 4) is 0 Å². The van der Waals surface area contributed by atoms with E-state index >= 15 is 0 Å². The lowest BCUT2D eigenvalue weighted by atomic mass is 10.1. The van der Waals surface area contributed by atoms with Crippen LogP contribution in [0.5, 0.6) is 0 Å². The molecule has 0 unspecified atom stereocenters. The third-order valence-electron chi connectivity index (χ3n) is 2.90. The van der Waals surface area contributed by atoms with Crippen LogP contribution >= 0.6 is 27.3 Å². The van der Waals surface area contributed by atoms with Crippen LogP contribution in [-0.4, -0.2) is 12.4 Å². The first-order chi connectivity index (χ1) is 9.11. The summed E-state index contributed by atoms with van der Waals surface area (Å²) >= 11 is 5.23. The molecule has 3 nitrogen and oxygen atoms in total. The lowest BCUT2D eigenvalue weighted by Crippen LogP contribution is -2.25. The zero-order valence-electron chi connectivity index (χ0n) is 10.7. The Balaban J connectivity index is 2.36. The molecule has 3 N–H and O–H groups in total. The van der Waals surface area contributed by atoms with Crippen LogP contribution in [-0.2, 0) is 6.54 Å². The fourth-order valence-corrected chi connectivity index (χ4v) is 3.02. The van der Waals surface area contributed by atoms with E-state index in [-0.39, 0.29) is 5.84 Å². The lowest BCUT2D eigenvalue weighted by molar-refractivity contribution is 0.841. The third kappa shape index (κ3) is 3.36. The maximum absolute atomic E-state index is 7.70. The topological polar surface area (TPSA) is 53.1 Å². The van der Waals surface area contributed by atoms with Gasteiger partial charge in [0.25, 0.3) is 0 Å². The fourth-order valence-electron chi connectivity index (χ4n) is 1.95. The van der Waals surface area contributed by atoms with Gasteiger partial charge in [0.1, 0.15) is 5.84 Å². The molecule has 5 heteroatoms. The number of nitrogen functional groups attached to an aromatic ring is 1. The maximum Gasteiger partial charge on any atom is 0.124 e. The molecule has 1 heterocycles. The molecule has 0 saturated carbocycles. The van der Waals surface area contributed by atoms with Gasteiger partial charge in [-0.1, -0.05) is 22.0 Å². The summed E-state index contributed by atoms with van der Waals surface area (Å²) in [5.41, 5.74) is 7.45. The monoisotopic (exact) mass is 337 g/mol. The molecule has 0 amide bonds. The van der Waals surface area contributed by atoms with Gasteiger partial charge in [0.2, 0.25) is 0 Å². The Morgan fingerprint density at radius 1 is 1.42 bits per heavy atom. The second-order valence-electron chi connectivity index (χ2n) is 4.17. The molecule has 0 atom stereocenters. The zero-order valence-corrected chi connectivity index (χ0v) is 13.1. The van der Waals surface area contributed by atoms with Crippen LogP contribution in [0.3, 0.4) is 0 Å². The van der Waals surface area contributed by atoms with Crippen molar-refractivity contribution in [2.45, 2.75) is 13.5 Å². The molecule has 2 rings (SSSR count). The summed E-state index contributed by atoms with van der Waals surface area (Å²) in [7, 11) is 0. The van der Waals surface area contributed by atoms with E-state index < -0.39 is 0 Å². The van der Waals surface area contributed by atoms with Crippen LogP contribution in [0.2, 0.25) is 0 Å². The molecule has 19 heavy (non-hydrogen) atoms. The summed E-state index contributed by atoms with van der Waals surface area (Å²) in [5, 5.41) is 9.78. The van der Waals surface area contributed by atoms with Gasteiger partial charge >= 0.3 is 0 Å². The molecule has 1 aromatic carbocycles. The largest absolute Gasteiger partial charge is 0.384 e. The van der Waals surface area contributed by atoms with Crippen molar-refractivity contribution < 1.29 is 0 Å². The Labute approximate surface area is 125 Å². The summed E-state index contributed by atoms with van der Waals surface area (Å²) in [5.74, 6) is 0.104. The van der Waals surface area contributed by atoms with E-state index in [1.165, 1.54) is 4.88 Å². The lowest BCUT2D eigenvalue weighted by Gasteiger charge is -2.25. The Hall–Kier alpha value is -1.33. The van der Waals surface area contributed by atoms with Crippen molar-refractivity contribution in [2.24, 2.45) is 5.73 Å². The minimum atomic E-state index is 0.104. The number of amidine groups is 1. The van der Waals surface area contributed by atoms with Crippen LogP contribution < -0.4 is 10.6 Å². The Bertz CT molecular complexity index is 566. The van der Waals surface area contributed by atoms with Crippen molar-refractivity contribution in [3.63, 3.8) is 0 Å². The normalized spacial score (nSPS) is 10.4. The van der Waals surface area contributed by atoms with E-state index in [0.29, 0.717) is 0 Å². The highest BCUT2D eigenvalue weighted by molar-refractivity contribution is 9.10. The molecule has 0 aliphatic rings. The maximum atomic E-state index is 7.70. The van der Waals surface area contributed by atoms with Crippen LogP contribution in [0.4, 0.5) is 5.69 Å². The zero-order chi connectivity index (χ0) is 13.8. The molecular weight excluding hydrogens is 322 g/mol. The highest BCUT2D eigenvalue weighted by Crippen LogP contribution is 2.27. The van der Waals surface area contributed by atoms with Gasteiger partial charge in [-0.15, -0.1) is 11.3 Å². The number of benzene rings is 1. The van der Waals surface area contributed by atoms with Crippen molar-refractivity contribution in [3.05, 3.63) is 50.6 Å². The minimum Gasteiger partial charge on any atom is -0.384 e. The standard InChI is InChI=1S/C14H16BrN3S/c1-2-18(9-11-4-3-7-19-11)13-8-10(15)5-6-12(13)14(16)17/h3-8H,2,9H2,1H3,(H3,16,17). The first kappa shape index (κ1) is 14.1. The van der Waals surface area contributed by atoms with Gasteiger partial charge in [-0.05, 0) is 36.6 Å². The van der Waals surface area contributed by atoms with Crippen LogP contribution in [0.25, 0.3) is 0 Å². The van der Waals surface area contributed by atoms with E-state index in [0.717, 1.165) is 28.8 Å². The average Bonchev–Trinajstić information content (AvgIpc) is 2.88. The van der Waals surface area contributed by atoms with E-state index in [2.05, 4.69) is 45.3 Å². The fraction of sp³-hybridized carbons (Fsp3) is 0.214. The second-order valence-corrected chi connectivity index (χ2v) is 6.12. The highest BCUT2D eigenvalue weighted by atomic mass is 79.9. The number of nitrogens with zero attached hydrogens (tertiary/aromatic N) is 1. The minimum absolute atomic E-state index is 0.104. The Kier molecular flexibility index (Phi) is 4.61. The van der Waals surface area contributed by atoms with Gasteiger partial charge in [0, 0.05) is 27.1 Å². The van der Waals surface area contributed by atoms with Gasteiger partial charge in [0.05, 0.1) is 6.54 Å². The average molecular weight is 338 g/mol. The van der Waals surface area contributed by atoms with Crippen molar-refractivity contribution >= 4 is 38.8 Å². The van der Waals surface area contributed by atoms with E-state index in [9.17, 15) is 0 Å². The Morgan fingerprint density at radius 2 is 2.21 bits per heavy atom. The van der Waals surface area contributed by atoms with Gasteiger partial charge in [-0.3, -0.25) is 5.41 Å². The molecular formula is C14H16BrN3S. The Morgan fingerprint density at radius 3 is 2.79 bits per heavy atom. The number of thiophene rings is 1. The number of halogens is 1. The molecule has 0 aliphatic carbocycles. The summed E-state index contributed by atoms with van der Waals surface area (Å²) in [6.45, 7) is 3.82. The SMILES string of the molecule is CCN(Cc1cccs1)c1cc(Br)ccc1C(=N)N. The summed E-state index contributed by atoms with van der Waals surface area (Å²) in [6.07, 6.45) is 0.